The molecule has 0 spiro atoms. The minimum Gasteiger partial charge on any atom is -0.452 e. The highest BCUT2D eigenvalue weighted by atomic mass is 16.5. The first kappa shape index (κ1) is 21.5. The molecule has 0 aliphatic heterocycles. The van der Waals surface area contributed by atoms with E-state index in [1.54, 1.807) is 36.4 Å². The predicted molar refractivity (Wildman–Crippen MR) is 118 cm³/mol. The molecule has 8 nitrogen and oxygen atoms in total. The minimum atomic E-state index is -0.731. The molecular formula is C23H21N3O5. The number of carbonyl (C=O) groups is 4. The lowest BCUT2D eigenvalue weighted by molar-refractivity contribution is -0.119. The van der Waals surface area contributed by atoms with Crippen LogP contribution in [0, 0.1) is 0 Å². The monoisotopic (exact) mass is 419 g/mol. The fourth-order valence-corrected chi connectivity index (χ4v) is 2.95. The summed E-state index contributed by atoms with van der Waals surface area (Å²) in [5.41, 5.74) is 1.55. The molecule has 3 aromatic rings. The number of nitrogens with one attached hydrogen (secondary N) is 3. The van der Waals surface area contributed by atoms with Crippen molar-refractivity contribution in [3.05, 3.63) is 66.2 Å². The van der Waals surface area contributed by atoms with E-state index in [0.29, 0.717) is 17.1 Å². The van der Waals surface area contributed by atoms with Gasteiger partial charge in [-0.3, -0.25) is 14.4 Å². The van der Waals surface area contributed by atoms with Gasteiger partial charge in [0.15, 0.2) is 6.61 Å². The second kappa shape index (κ2) is 9.53. The van der Waals surface area contributed by atoms with Crippen LogP contribution >= 0.6 is 0 Å². The molecule has 31 heavy (non-hydrogen) atoms. The Labute approximate surface area is 178 Å². The van der Waals surface area contributed by atoms with Crippen molar-refractivity contribution >= 4 is 51.5 Å². The van der Waals surface area contributed by atoms with E-state index in [-0.39, 0.29) is 17.4 Å². The van der Waals surface area contributed by atoms with Crippen molar-refractivity contribution in [1.82, 2.24) is 0 Å². The van der Waals surface area contributed by atoms with Gasteiger partial charge in [0, 0.05) is 25.2 Å². The third-order valence-electron chi connectivity index (χ3n) is 4.24. The molecule has 0 bridgehead atoms. The van der Waals surface area contributed by atoms with Crippen molar-refractivity contribution in [2.75, 3.05) is 22.6 Å². The van der Waals surface area contributed by atoms with Crippen LogP contribution in [0.3, 0.4) is 0 Å². The van der Waals surface area contributed by atoms with E-state index in [1.165, 1.54) is 13.8 Å². The quantitative estimate of drug-likeness (QED) is 0.529. The number of fused-ring (bicyclic) bond motifs is 1. The van der Waals surface area contributed by atoms with E-state index in [2.05, 4.69) is 16.0 Å². The van der Waals surface area contributed by atoms with Crippen molar-refractivity contribution in [3.8, 4) is 0 Å². The van der Waals surface area contributed by atoms with Crippen LogP contribution < -0.4 is 16.0 Å². The second-order valence-electron chi connectivity index (χ2n) is 6.81. The Morgan fingerprint density at radius 1 is 0.742 bits per heavy atom. The van der Waals surface area contributed by atoms with E-state index in [0.717, 1.165) is 10.8 Å². The summed E-state index contributed by atoms with van der Waals surface area (Å²) in [4.78, 5) is 47.3. The molecule has 0 aromatic heterocycles. The average Bonchev–Trinajstić information content (AvgIpc) is 2.72. The first-order chi connectivity index (χ1) is 14.8. The molecule has 3 aromatic carbocycles. The first-order valence-electron chi connectivity index (χ1n) is 9.47. The Morgan fingerprint density at radius 2 is 1.29 bits per heavy atom. The Kier molecular flexibility index (Phi) is 6.61. The number of benzene rings is 3. The molecule has 3 rings (SSSR count). The van der Waals surface area contributed by atoms with Crippen LogP contribution in [0.25, 0.3) is 10.8 Å². The van der Waals surface area contributed by atoms with Crippen LogP contribution in [0.15, 0.2) is 60.7 Å². The average molecular weight is 419 g/mol. The molecule has 0 heterocycles. The van der Waals surface area contributed by atoms with Gasteiger partial charge in [-0.25, -0.2) is 4.79 Å². The van der Waals surface area contributed by atoms with Crippen LogP contribution in [0.1, 0.15) is 24.2 Å². The molecule has 0 atom stereocenters. The van der Waals surface area contributed by atoms with Gasteiger partial charge in [0.25, 0.3) is 5.91 Å². The number of amides is 3. The molecule has 0 unspecified atom stereocenters. The maximum absolute atomic E-state index is 12.6. The molecule has 0 saturated carbocycles. The van der Waals surface area contributed by atoms with Gasteiger partial charge in [0.05, 0.1) is 11.3 Å². The Hall–Kier alpha value is -4.20. The molecule has 8 heteroatoms. The van der Waals surface area contributed by atoms with Crippen LogP contribution in [0.4, 0.5) is 17.1 Å². The maximum Gasteiger partial charge on any atom is 0.340 e. The summed E-state index contributed by atoms with van der Waals surface area (Å²) >= 11 is 0. The van der Waals surface area contributed by atoms with Crippen molar-refractivity contribution in [1.29, 1.82) is 0 Å². The van der Waals surface area contributed by atoms with Crippen molar-refractivity contribution in [2.45, 2.75) is 13.8 Å². The summed E-state index contributed by atoms with van der Waals surface area (Å²) < 4.78 is 5.15. The van der Waals surface area contributed by atoms with Gasteiger partial charge in [-0.15, -0.1) is 0 Å². The summed E-state index contributed by atoms with van der Waals surface area (Å²) in [6.07, 6.45) is 0. The van der Waals surface area contributed by atoms with Crippen molar-refractivity contribution in [2.24, 2.45) is 0 Å². The van der Waals surface area contributed by atoms with Crippen molar-refractivity contribution < 1.29 is 23.9 Å². The van der Waals surface area contributed by atoms with E-state index >= 15 is 0 Å². The SMILES string of the molecule is CC(=O)Nc1ccc(NC(=O)COC(=O)c2cc3ccccc3cc2NC(C)=O)cc1. The van der Waals surface area contributed by atoms with Gasteiger partial charge in [-0.2, -0.15) is 0 Å². The summed E-state index contributed by atoms with van der Waals surface area (Å²) in [7, 11) is 0. The van der Waals surface area contributed by atoms with Crippen LogP contribution in [0.2, 0.25) is 0 Å². The zero-order valence-corrected chi connectivity index (χ0v) is 17.0. The van der Waals surface area contributed by atoms with Gasteiger partial charge < -0.3 is 20.7 Å². The third-order valence-corrected chi connectivity index (χ3v) is 4.24. The normalized spacial score (nSPS) is 10.3. The smallest absolute Gasteiger partial charge is 0.340 e. The predicted octanol–water partition coefficient (Wildman–Crippen LogP) is 3.55. The standard InChI is InChI=1S/C23H21N3O5/c1-14(27)24-18-7-9-19(10-8-18)26-22(29)13-31-23(30)20-11-16-5-3-4-6-17(16)12-21(20)25-15(2)28/h3-12H,13H2,1-2H3,(H,24,27)(H,25,28)(H,26,29). The highest BCUT2D eigenvalue weighted by Gasteiger charge is 2.17. The summed E-state index contributed by atoms with van der Waals surface area (Å²) in [6, 6.07) is 17.2. The fourth-order valence-electron chi connectivity index (χ4n) is 2.95. The molecule has 3 N–H and O–H groups in total. The topological polar surface area (TPSA) is 114 Å². The largest absolute Gasteiger partial charge is 0.452 e. The van der Waals surface area contributed by atoms with Crippen molar-refractivity contribution in [3.63, 3.8) is 0 Å². The third kappa shape index (κ3) is 5.89. The van der Waals surface area contributed by atoms with Gasteiger partial charge in [-0.05, 0) is 47.2 Å². The van der Waals surface area contributed by atoms with Gasteiger partial charge in [0.1, 0.15) is 0 Å². The summed E-state index contributed by atoms with van der Waals surface area (Å²) in [6.45, 7) is 2.24. The lowest BCUT2D eigenvalue weighted by atomic mass is 10.0. The lowest BCUT2D eigenvalue weighted by Crippen LogP contribution is -2.21. The lowest BCUT2D eigenvalue weighted by Gasteiger charge is -2.12. The van der Waals surface area contributed by atoms with Gasteiger partial charge >= 0.3 is 5.97 Å². The Balaban J connectivity index is 1.67. The summed E-state index contributed by atoms with van der Waals surface area (Å²) in [5, 5.41) is 9.50. The number of ether oxygens (including phenoxy) is 1. The highest BCUT2D eigenvalue weighted by Crippen LogP contribution is 2.25. The fraction of sp³-hybridized carbons (Fsp3) is 0.130. The number of hydrogen-bond acceptors (Lipinski definition) is 5. The molecular weight excluding hydrogens is 398 g/mol. The van der Waals surface area contributed by atoms with Crippen LogP contribution in [-0.4, -0.2) is 30.3 Å². The maximum atomic E-state index is 12.6. The minimum absolute atomic E-state index is 0.154. The molecule has 0 aliphatic carbocycles. The zero-order valence-electron chi connectivity index (χ0n) is 17.0. The van der Waals surface area contributed by atoms with Gasteiger partial charge in [-0.1, -0.05) is 24.3 Å². The summed E-state index contributed by atoms with van der Waals surface area (Å²) in [5.74, 6) is -1.78. The Bertz CT molecular complexity index is 1160. The van der Waals surface area contributed by atoms with E-state index < -0.39 is 18.5 Å². The number of esters is 1. The molecule has 0 aliphatic rings. The zero-order chi connectivity index (χ0) is 22.4. The Morgan fingerprint density at radius 3 is 1.87 bits per heavy atom. The molecule has 158 valence electrons. The van der Waals surface area contributed by atoms with Crippen LogP contribution in [0.5, 0.6) is 0 Å². The highest BCUT2D eigenvalue weighted by molar-refractivity contribution is 6.06. The number of anilines is 3. The molecule has 3 amide bonds. The number of carbonyl (C=O) groups excluding carboxylic acids is 4. The number of hydrogen-bond donors (Lipinski definition) is 3. The molecule has 0 radical (unpaired) electrons. The van der Waals surface area contributed by atoms with E-state index in [9.17, 15) is 19.2 Å². The van der Waals surface area contributed by atoms with E-state index in [4.69, 9.17) is 4.74 Å². The van der Waals surface area contributed by atoms with Crippen LogP contribution in [-0.2, 0) is 19.1 Å². The van der Waals surface area contributed by atoms with E-state index in [1.807, 2.05) is 24.3 Å². The second-order valence-corrected chi connectivity index (χ2v) is 6.81. The van der Waals surface area contributed by atoms with Gasteiger partial charge in [0.2, 0.25) is 11.8 Å². The number of rotatable bonds is 6. The molecule has 0 fully saturated rings. The first-order valence-corrected chi connectivity index (χ1v) is 9.47. The molecule has 0 saturated heterocycles.